The Morgan fingerprint density at radius 1 is 0.424 bits per heavy atom. The van der Waals surface area contributed by atoms with Crippen molar-refractivity contribution < 1.29 is 20.4 Å². The Hall–Kier alpha value is -3.92. The molecule has 0 radical (unpaired) electrons. The maximum atomic E-state index is 9.37. The van der Waals surface area contributed by atoms with Crippen molar-refractivity contribution in [2.75, 3.05) is 0 Å². The van der Waals surface area contributed by atoms with E-state index in [0.717, 1.165) is 36.8 Å². The molecule has 0 aliphatic heterocycles. The Bertz CT molecular complexity index is 1110. The molecule has 0 saturated carbocycles. The van der Waals surface area contributed by atoms with Crippen LogP contribution in [0.1, 0.15) is 27.8 Å². The van der Waals surface area contributed by atoms with E-state index in [4.69, 9.17) is 0 Å². The highest BCUT2D eigenvalue weighted by atomic mass is 16.3. The molecule has 4 aromatic carbocycles. The van der Waals surface area contributed by atoms with E-state index in [9.17, 15) is 20.4 Å². The monoisotopic (exact) mass is 442 g/mol. The van der Waals surface area contributed by atoms with Gasteiger partial charge in [0.05, 0.1) is 0 Å². The van der Waals surface area contributed by atoms with Crippen LogP contribution in [0, 0.1) is 6.92 Å². The van der Waals surface area contributed by atoms with Crippen LogP contribution in [0.4, 0.5) is 0 Å². The van der Waals surface area contributed by atoms with Crippen molar-refractivity contribution in [3.63, 3.8) is 0 Å². The zero-order chi connectivity index (χ0) is 23.6. The van der Waals surface area contributed by atoms with E-state index in [1.807, 2.05) is 18.2 Å². The Balaban J connectivity index is 0.000000186. The molecule has 4 nitrogen and oxygen atoms in total. The predicted octanol–water partition coefficient (Wildman–Crippen LogP) is 6.07. The van der Waals surface area contributed by atoms with Crippen LogP contribution in [-0.4, -0.2) is 20.4 Å². The number of aromatic hydroxyl groups is 4. The fourth-order valence-corrected chi connectivity index (χ4v) is 3.58. The van der Waals surface area contributed by atoms with E-state index in [-0.39, 0.29) is 23.0 Å². The lowest BCUT2D eigenvalue weighted by Gasteiger charge is -2.04. The third-order valence-electron chi connectivity index (χ3n) is 5.29. The summed E-state index contributed by atoms with van der Waals surface area (Å²) in [4.78, 5) is 0. The summed E-state index contributed by atoms with van der Waals surface area (Å²) < 4.78 is 0. The number of aryl methyl sites for hydroxylation is 5. The first-order valence-electron chi connectivity index (χ1n) is 11.0. The summed E-state index contributed by atoms with van der Waals surface area (Å²) in [7, 11) is 0. The second kappa shape index (κ2) is 11.6. The summed E-state index contributed by atoms with van der Waals surface area (Å²) in [5, 5.41) is 37.4. The van der Waals surface area contributed by atoms with Gasteiger partial charge in [0.1, 0.15) is 23.0 Å². The van der Waals surface area contributed by atoms with Crippen LogP contribution in [0.3, 0.4) is 0 Å². The highest BCUT2D eigenvalue weighted by molar-refractivity contribution is 5.38. The summed E-state index contributed by atoms with van der Waals surface area (Å²) in [6.45, 7) is 2.07. The van der Waals surface area contributed by atoms with Gasteiger partial charge in [-0.3, -0.25) is 0 Å². The first kappa shape index (κ1) is 23.7. The zero-order valence-electron chi connectivity index (χ0n) is 18.8. The first-order chi connectivity index (χ1) is 15.9. The van der Waals surface area contributed by atoms with Gasteiger partial charge in [0, 0.05) is 12.1 Å². The van der Waals surface area contributed by atoms with E-state index < -0.39 is 0 Å². The van der Waals surface area contributed by atoms with Crippen molar-refractivity contribution in [3.8, 4) is 23.0 Å². The number of hydrogen-bond acceptors (Lipinski definition) is 4. The largest absolute Gasteiger partial charge is 0.508 e. The van der Waals surface area contributed by atoms with Crippen LogP contribution in [0.5, 0.6) is 23.0 Å². The fraction of sp³-hybridized carbons (Fsp3) is 0.172. The van der Waals surface area contributed by atoms with Crippen LogP contribution < -0.4 is 0 Å². The van der Waals surface area contributed by atoms with Gasteiger partial charge < -0.3 is 20.4 Å². The molecular formula is C29H30O4. The number of phenolic OH excluding ortho intramolecular Hbond substituents is 4. The lowest BCUT2D eigenvalue weighted by atomic mass is 10.0. The lowest BCUT2D eigenvalue weighted by molar-refractivity contribution is 0.448. The van der Waals surface area contributed by atoms with Crippen molar-refractivity contribution in [2.24, 2.45) is 0 Å². The molecule has 0 heterocycles. The van der Waals surface area contributed by atoms with E-state index in [0.29, 0.717) is 0 Å². The molecule has 0 aliphatic carbocycles. The maximum Gasteiger partial charge on any atom is 0.119 e. The molecule has 4 N–H and O–H groups in total. The third kappa shape index (κ3) is 8.26. The minimum absolute atomic E-state index is 0.114. The molecule has 0 aliphatic rings. The van der Waals surface area contributed by atoms with Gasteiger partial charge in [-0.15, -0.1) is 0 Å². The van der Waals surface area contributed by atoms with Crippen LogP contribution >= 0.6 is 0 Å². The smallest absolute Gasteiger partial charge is 0.119 e. The second-order valence-corrected chi connectivity index (χ2v) is 8.19. The van der Waals surface area contributed by atoms with Gasteiger partial charge in [0.25, 0.3) is 0 Å². The molecule has 170 valence electrons. The highest BCUT2D eigenvalue weighted by Gasteiger charge is 2.01. The lowest BCUT2D eigenvalue weighted by Crippen LogP contribution is -1.91. The van der Waals surface area contributed by atoms with Crippen LogP contribution in [-0.2, 0) is 25.7 Å². The van der Waals surface area contributed by atoms with Gasteiger partial charge >= 0.3 is 0 Å². The quantitative estimate of drug-likeness (QED) is 0.292. The Kier molecular flexibility index (Phi) is 8.36. The van der Waals surface area contributed by atoms with Gasteiger partial charge in [-0.1, -0.05) is 60.2 Å². The van der Waals surface area contributed by atoms with Gasteiger partial charge in [-0.05, 0) is 79.1 Å². The van der Waals surface area contributed by atoms with E-state index in [2.05, 4.69) is 43.3 Å². The predicted molar refractivity (Wildman–Crippen MR) is 132 cm³/mol. The van der Waals surface area contributed by atoms with Crippen molar-refractivity contribution in [1.82, 2.24) is 0 Å². The molecule has 33 heavy (non-hydrogen) atoms. The minimum Gasteiger partial charge on any atom is -0.508 e. The van der Waals surface area contributed by atoms with Crippen LogP contribution in [0.25, 0.3) is 0 Å². The molecule has 0 unspecified atom stereocenters. The summed E-state index contributed by atoms with van der Waals surface area (Å²) in [5.74, 6) is 0.457. The van der Waals surface area contributed by atoms with Crippen LogP contribution in [0.15, 0.2) is 91.0 Å². The first-order valence-corrected chi connectivity index (χ1v) is 11.0. The van der Waals surface area contributed by atoms with E-state index in [1.54, 1.807) is 24.3 Å². The summed E-state index contributed by atoms with van der Waals surface area (Å²) in [6, 6.07) is 28.0. The average Bonchev–Trinajstić information content (AvgIpc) is 2.77. The molecule has 0 saturated heterocycles. The number of phenols is 4. The van der Waals surface area contributed by atoms with Crippen molar-refractivity contribution in [2.45, 2.75) is 32.6 Å². The topological polar surface area (TPSA) is 80.9 Å². The van der Waals surface area contributed by atoms with E-state index in [1.165, 1.54) is 28.8 Å². The van der Waals surface area contributed by atoms with Gasteiger partial charge in [0.2, 0.25) is 0 Å². The zero-order valence-corrected chi connectivity index (χ0v) is 18.8. The molecule has 0 amide bonds. The standard InChI is InChI=1S/C15H16O2.C14H14O2/c1-11-2-4-12(5-3-11)6-7-13-8-14(16)10-15(17)9-13;15-13-8-12(9-14(16)10-13)7-6-11-4-2-1-3-5-11/h2-5,8-10,16-17H,6-7H2,1H3;1-5,8-10,15-16H,6-7H2. The van der Waals surface area contributed by atoms with Gasteiger partial charge in [-0.2, -0.15) is 0 Å². The molecule has 0 fully saturated rings. The molecular weight excluding hydrogens is 412 g/mol. The summed E-state index contributed by atoms with van der Waals surface area (Å²) in [5.41, 5.74) is 5.66. The molecule has 4 aromatic rings. The van der Waals surface area contributed by atoms with Crippen molar-refractivity contribution >= 4 is 0 Å². The third-order valence-corrected chi connectivity index (χ3v) is 5.29. The van der Waals surface area contributed by atoms with Crippen molar-refractivity contribution in [3.05, 3.63) is 119 Å². The molecule has 0 atom stereocenters. The molecule has 4 heteroatoms. The normalized spacial score (nSPS) is 10.3. The average molecular weight is 443 g/mol. The molecule has 0 bridgehead atoms. The summed E-state index contributed by atoms with van der Waals surface area (Å²) in [6.07, 6.45) is 3.43. The van der Waals surface area contributed by atoms with E-state index >= 15 is 0 Å². The van der Waals surface area contributed by atoms with Gasteiger partial charge in [-0.25, -0.2) is 0 Å². The van der Waals surface area contributed by atoms with Gasteiger partial charge in [0.15, 0.2) is 0 Å². The fourth-order valence-electron chi connectivity index (χ4n) is 3.58. The Morgan fingerprint density at radius 2 is 0.788 bits per heavy atom. The SMILES string of the molecule is Cc1ccc(CCc2cc(O)cc(O)c2)cc1.Oc1cc(O)cc(CCc2ccccc2)c1. The molecule has 0 spiro atoms. The van der Waals surface area contributed by atoms with Crippen LogP contribution in [0.2, 0.25) is 0 Å². The Labute approximate surface area is 195 Å². The molecule has 4 rings (SSSR count). The minimum atomic E-state index is 0.114. The molecule has 0 aromatic heterocycles. The number of rotatable bonds is 6. The maximum absolute atomic E-state index is 9.37. The summed E-state index contributed by atoms with van der Waals surface area (Å²) >= 11 is 0. The van der Waals surface area contributed by atoms with Crippen molar-refractivity contribution in [1.29, 1.82) is 0 Å². The number of hydrogen-bond donors (Lipinski definition) is 4. The number of benzene rings is 4. The highest BCUT2D eigenvalue weighted by Crippen LogP contribution is 2.22. The Morgan fingerprint density at radius 3 is 1.21 bits per heavy atom. The second-order valence-electron chi connectivity index (χ2n) is 8.19.